The molecule has 0 atom stereocenters. The van der Waals surface area contributed by atoms with Gasteiger partial charge in [-0.25, -0.2) is 0 Å². The van der Waals surface area contributed by atoms with Crippen LogP contribution in [0.5, 0.6) is 0 Å². The Hall–Kier alpha value is -0.326. The summed E-state index contributed by atoms with van der Waals surface area (Å²) in [4.78, 5) is 0. The lowest BCUT2D eigenvalue weighted by atomic mass is 10.8. The van der Waals surface area contributed by atoms with Gasteiger partial charge in [0.2, 0.25) is 0 Å². The van der Waals surface area contributed by atoms with Crippen LogP contribution in [0.25, 0.3) is 0 Å². The first-order chi connectivity index (χ1) is 11.0. The maximum absolute atomic E-state index is 5.57. The van der Waals surface area contributed by atoms with E-state index in [0.717, 1.165) is 0 Å². The van der Waals surface area contributed by atoms with Crippen LogP contribution in [0, 0.1) is 0 Å². The first kappa shape index (κ1) is 24.9. The van der Waals surface area contributed by atoms with E-state index < -0.39 is 17.6 Å². The molecule has 0 aliphatic carbocycles. The summed E-state index contributed by atoms with van der Waals surface area (Å²) in [5.74, 6) is 0. The lowest BCUT2D eigenvalue weighted by molar-refractivity contribution is 0.0743. The molecule has 0 radical (unpaired) electrons. The SMILES string of the molecule is C=CC[Si](OC)(OC)OC.C=CC[Si](OCC)(OCC)OCC. The van der Waals surface area contributed by atoms with Gasteiger partial charge in [0.25, 0.3) is 0 Å². The highest BCUT2D eigenvalue weighted by atomic mass is 28.4. The van der Waals surface area contributed by atoms with E-state index >= 15 is 0 Å². The normalized spacial score (nSPS) is 11.6. The van der Waals surface area contributed by atoms with Crippen LogP contribution in [0.3, 0.4) is 0 Å². The van der Waals surface area contributed by atoms with Crippen molar-refractivity contribution >= 4 is 17.6 Å². The molecule has 6 nitrogen and oxygen atoms in total. The fourth-order valence-electron chi connectivity index (χ4n) is 1.82. The highest BCUT2D eigenvalue weighted by Crippen LogP contribution is 2.16. The Labute approximate surface area is 144 Å². The molecule has 8 heteroatoms. The van der Waals surface area contributed by atoms with Crippen molar-refractivity contribution in [2.75, 3.05) is 41.2 Å². The minimum absolute atomic E-state index is 0.625. The van der Waals surface area contributed by atoms with Gasteiger partial charge in [0.05, 0.1) is 0 Å². The minimum atomic E-state index is -2.41. The molecule has 0 saturated heterocycles. The highest BCUT2D eigenvalue weighted by molar-refractivity contribution is 6.61. The topological polar surface area (TPSA) is 55.4 Å². The molecule has 0 unspecified atom stereocenters. The van der Waals surface area contributed by atoms with E-state index in [1.54, 1.807) is 33.5 Å². The number of allylic oxidation sites excluding steroid dienone is 2. The summed E-state index contributed by atoms with van der Waals surface area (Å²) in [5.41, 5.74) is 0. The molecule has 23 heavy (non-hydrogen) atoms. The van der Waals surface area contributed by atoms with Crippen molar-refractivity contribution in [3.05, 3.63) is 25.3 Å². The van der Waals surface area contributed by atoms with E-state index in [-0.39, 0.29) is 0 Å². The second-order valence-corrected chi connectivity index (χ2v) is 9.90. The summed E-state index contributed by atoms with van der Waals surface area (Å²) < 4.78 is 32.0. The Kier molecular flexibility index (Phi) is 16.5. The molecule has 0 aromatic heterocycles. The Balaban J connectivity index is 0. The first-order valence-corrected chi connectivity index (χ1v) is 11.6. The molecule has 0 N–H and O–H groups in total. The van der Waals surface area contributed by atoms with Gasteiger partial charge in [-0.2, -0.15) is 0 Å². The molecule has 0 bridgehead atoms. The summed E-state index contributed by atoms with van der Waals surface area (Å²) in [7, 11) is 0.00907. The van der Waals surface area contributed by atoms with Crippen LogP contribution in [0.4, 0.5) is 0 Å². The molecule has 0 heterocycles. The van der Waals surface area contributed by atoms with Gasteiger partial charge in [0.1, 0.15) is 0 Å². The molecule has 0 aliphatic rings. The van der Waals surface area contributed by atoms with Crippen molar-refractivity contribution in [2.45, 2.75) is 32.9 Å². The molecule has 0 rings (SSSR count). The Morgan fingerprint density at radius 3 is 1.13 bits per heavy atom. The summed E-state index contributed by atoms with van der Waals surface area (Å²) in [6.07, 6.45) is 3.54. The molecule has 0 saturated carbocycles. The standard InChI is InChI=1S/C9H20O3Si.C6H14O3Si/c1-5-9-13(10-6-2,11-7-3)12-8-4;1-5-6-10(7-2,8-3)9-4/h5H,1,6-9H2,2-4H3;5H,1,6H2,2-4H3. The molecule has 0 aromatic rings. The zero-order chi connectivity index (χ0) is 18.2. The predicted octanol–water partition coefficient (Wildman–Crippen LogP) is 3.27. The first-order valence-electron chi connectivity index (χ1n) is 7.78. The molecular weight excluding hydrogens is 332 g/mol. The Morgan fingerprint density at radius 2 is 0.957 bits per heavy atom. The monoisotopic (exact) mass is 366 g/mol. The average Bonchev–Trinajstić information content (AvgIpc) is 2.54. The van der Waals surface area contributed by atoms with Crippen molar-refractivity contribution in [3.63, 3.8) is 0 Å². The second kappa shape index (κ2) is 15.2. The Bertz CT molecular complexity index is 272. The molecule has 0 amide bonds. The van der Waals surface area contributed by atoms with Crippen molar-refractivity contribution in [1.29, 1.82) is 0 Å². The summed E-state index contributed by atoms with van der Waals surface area (Å²) in [6, 6.07) is 1.33. The van der Waals surface area contributed by atoms with Crippen LogP contribution in [0.15, 0.2) is 25.3 Å². The lowest BCUT2D eigenvalue weighted by Crippen LogP contribution is -2.45. The van der Waals surface area contributed by atoms with E-state index in [9.17, 15) is 0 Å². The summed E-state index contributed by atoms with van der Waals surface area (Å²) in [6.45, 7) is 15.0. The molecule has 0 aromatic carbocycles. The van der Waals surface area contributed by atoms with Gasteiger partial charge in [-0.3, -0.25) is 0 Å². The smallest absolute Gasteiger partial charge is 0.377 e. The van der Waals surface area contributed by atoms with E-state index in [4.69, 9.17) is 26.6 Å². The van der Waals surface area contributed by atoms with E-state index in [1.807, 2.05) is 20.8 Å². The lowest BCUT2D eigenvalue weighted by Gasteiger charge is -2.27. The zero-order valence-corrected chi connectivity index (χ0v) is 17.6. The van der Waals surface area contributed by atoms with Crippen molar-refractivity contribution in [1.82, 2.24) is 0 Å². The third-order valence-electron chi connectivity index (χ3n) is 2.81. The van der Waals surface area contributed by atoms with Gasteiger partial charge in [-0.1, -0.05) is 12.2 Å². The molecule has 0 fully saturated rings. The van der Waals surface area contributed by atoms with Crippen LogP contribution in [-0.2, 0) is 26.6 Å². The molecule has 0 aliphatic heterocycles. The van der Waals surface area contributed by atoms with Crippen molar-refractivity contribution < 1.29 is 26.6 Å². The fourth-order valence-corrected chi connectivity index (χ4v) is 5.45. The van der Waals surface area contributed by atoms with Gasteiger partial charge >= 0.3 is 17.6 Å². The highest BCUT2D eigenvalue weighted by Gasteiger charge is 2.38. The quantitative estimate of drug-likeness (QED) is 0.368. The number of rotatable bonds is 13. The van der Waals surface area contributed by atoms with E-state index in [2.05, 4.69) is 13.2 Å². The van der Waals surface area contributed by atoms with E-state index in [0.29, 0.717) is 31.9 Å². The molecule has 138 valence electrons. The van der Waals surface area contributed by atoms with Crippen molar-refractivity contribution in [2.24, 2.45) is 0 Å². The Morgan fingerprint density at radius 1 is 0.652 bits per heavy atom. The van der Waals surface area contributed by atoms with Crippen molar-refractivity contribution in [3.8, 4) is 0 Å². The summed E-state index contributed by atoms with van der Waals surface area (Å²) >= 11 is 0. The predicted molar refractivity (Wildman–Crippen MR) is 97.4 cm³/mol. The van der Waals surface area contributed by atoms with Gasteiger partial charge in [-0.05, 0) is 20.8 Å². The van der Waals surface area contributed by atoms with Gasteiger partial charge in [0, 0.05) is 53.2 Å². The van der Waals surface area contributed by atoms with Gasteiger partial charge in [-0.15, -0.1) is 13.2 Å². The number of hydrogen-bond donors (Lipinski definition) is 0. The van der Waals surface area contributed by atoms with Crippen LogP contribution in [-0.4, -0.2) is 58.8 Å². The van der Waals surface area contributed by atoms with Crippen LogP contribution in [0.2, 0.25) is 12.1 Å². The van der Waals surface area contributed by atoms with Crippen LogP contribution < -0.4 is 0 Å². The average molecular weight is 367 g/mol. The molecule has 0 spiro atoms. The second-order valence-electron chi connectivity index (χ2n) is 4.26. The largest absolute Gasteiger partial charge is 0.504 e. The molecular formula is C15H34O6Si2. The van der Waals surface area contributed by atoms with Crippen LogP contribution >= 0.6 is 0 Å². The summed E-state index contributed by atoms with van der Waals surface area (Å²) in [5, 5.41) is 0. The minimum Gasteiger partial charge on any atom is -0.377 e. The zero-order valence-electron chi connectivity index (χ0n) is 15.6. The third-order valence-corrected chi connectivity index (χ3v) is 8.44. The third kappa shape index (κ3) is 10.2. The van der Waals surface area contributed by atoms with Crippen LogP contribution in [0.1, 0.15) is 20.8 Å². The van der Waals surface area contributed by atoms with Gasteiger partial charge < -0.3 is 26.6 Å². The number of hydrogen-bond acceptors (Lipinski definition) is 6. The maximum Gasteiger partial charge on any atom is 0.504 e. The maximum atomic E-state index is 5.57. The van der Waals surface area contributed by atoms with Gasteiger partial charge in [0.15, 0.2) is 0 Å². The fraction of sp³-hybridized carbons (Fsp3) is 0.733. The van der Waals surface area contributed by atoms with E-state index in [1.165, 1.54) is 0 Å².